The summed E-state index contributed by atoms with van der Waals surface area (Å²) in [6, 6.07) is 7.79. The quantitative estimate of drug-likeness (QED) is 0.879. The van der Waals surface area contributed by atoms with Crippen LogP contribution in [0.2, 0.25) is 0 Å². The zero-order valence-corrected chi connectivity index (χ0v) is 13.6. The molecule has 2 N–H and O–H groups in total. The lowest BCUT2D eigenvalue weighted by Crippen LogP contribution is -2.32. The Balaban J connectivity index is 2.50. The van der Waals surface area contributed by atoms with Gasteiger partial charge in [-0.1, -0.05) is 30.4 Å². The van der Waals surface area contributed by atoms with E-state index in [1.54, 1.807) is 0 Å². The van der Waals surface area contributed by atoms with Crippen LogP contribution in [0.4, 0.5) is 4.79 Å². The minimum atomic E-state index is -0.502. The van der Waals surface area contributed by atoms with Crippen LogP contribution in [0.1, 0.15) is 38.8 Å². The Bertz CT molecular complexity index is 545. The SMILES string of the molecule is CC(=O)NCC=Cc1cccc(CNC(=O)OC(C)(C)C)c1. The number of carbonyl (C=O) groups excluding carboxylic acids is 2. The summed E-state index contributed by atoms with van der Waals surface area (Å²) in [4.78, 5) is 22.4. The van der Waals surface area contributed by atoms with Gasteiger partial charge in [0.1, 0.15) is 5.60 Å². The van der Waals surface area contributed by atoms with Gasteiger partial charge in [0, 0.05) is 20.0 Å². The molecule has 0 aliphatic rings. The molecule has 0 saturated carbocycles. The van der Waals surface area contributed by atoms with Crippen molar-refractivity contribution in [1.29, 1.82) is 0 Å². The molecule has 0 radical (unpaired) electrons. The smallest absolute Gasteiger partial charge is 0.407 e. The highest BCUT2D eigenvalue weighted by molar-refractivity contribution is 5.73. The molecule has 0 fully saturated rings. The monoisotopic (exact) mass is 304 g/mol. The topological polar surface area (TPSA) is 67.4 Å². The maximum Gasteiger partial charge on any atom is 0.407 e. The lowest BCUT2D eigenvalue weighted by molar-refractivity contribution is -0.118. The van der Waals surface area contributed by atoms with Crippen LogP contribution in [0.3, 0.4) is 0 Å². The van der Waals surface area contributed by atoms with Gasteiger partial charge in [0.15, 0.2) is 0 Å². The predicted octanol–water partition coefficient (Wildman–Crippen LogP) is 2.86. The van der Waals surface area contributed by atoms with Gasteiger partial charge in [0.05, 0.1) is 0 Å². The molecule has 1 aromatic carbocycles. The van der Waals surface area contributed by atoms with Gasteiger partial charge in [0.2, 0.25) is 5.91 Å². The van der Waals surface area contributed by atoms with E-state index < -0.39 is 11.7 Å². The highest BCUT2D eigenvalue weighted by Crippen LogP contribution is 2.09. The standard InChI is InChI=1S/C17H24N2O3/c1-13(20)18-10-6-9-14-7-5-8-15(11-14)12-19-16(21)22-17(2,3)4/h5-9,11H,10,12H2,1-4H3,(H,18,20)(H,19,21). The average molecular weight is 304 g/mol. The van der Waals surface area contributed by atoms with Gasteiger partial charge in [-0.05, 0) is 38.0 Å². The largest absolute Gasteiger partial charge is 0.444 e. The molecule has 22 heavy (non-hydrogen) atoms. The van der Waals surface area contributed by atoms with Crippen molar-refractivity contribution in [2.45, 2.75) is 39.8 Å². The molecule has 120 valence electrons. The van der Waals surface area contributed by atoms with Crippen molar-refractivity contribution in [3.63, 3.8) is 0 Å². The number of carbonyl (C=O) groups is 2. The summed E-state index contributed by atoms with van der Waals surface area (Å²) in [7, 11) is 0. The Morgan fingerprint density at radius 3 is 2.59 bits per heavy atom. The third-order valence-corrected chi connectivity index (χ3v) is 2.57. The molecular formula is C17H24N2O3. The van der Waals surface area contributed by atoms with E-state index in [1.807, 2.05) is 57.2 Å². The summed E-state index contributed by atoms with van der Waals surface area (Å²) < 4.78 is 5.19. The fraction of sp³-hybridized carbons (Fsp3) is 0.412. The van der Waals surface area contributed by atoms with Crippen LogP contribution in [0.15, 0.2) is 30.3 Å². The molecule has 1 rings (SSSR count). The van der Waals surface area contributed by atoms with E-state index in [2.05, 4.69) is 10.6 Å². The van der Waals surface area contributed by atoms with Crippen molar-refractivity contribution >= 4 is 18.1 Å². The average Bonchev–Trinajstić information content (AvgIpc) is 2.40. The first-order chi connectivity index (χ1) is 10.3. The first-order valence-electron chi connectivity index (χ1n) is 7.23. The van der Waals surface area contributed by atoms with Gasteiger partial charge >= 0.3 is 6.09 Å². The van der Waals surface area contributed by atoms with Crippen LogP contribution in [0.25, 0.3) is 6.08 Å². The van der Waals surface area contributed by atoms with Crippen molar-refractivity contribution in [1.82, 2.24) is 10.6 Å². The summed E-state index contributed by atoms with van der Waals surface area (Å²) in [6.07, 6.45) is 3.37. The Hall–Kier alpha value is -2.30. The summed E-state index contributed by atoms with van der Waals surface area (Å²) in [5, 5.41) is 5.42. The Morgan fingerprint density at radius 2 is 1.95 bits per heavy atom. The van der Waals surface area contributed by atoms with Gasteiger partial charge in [-0.25, -0.2) is 4.79 Å². The first kappa shape index (κ1) is 17.8. The second kappa shape index (κ2) is 8.22. The maximum absolute atomic E-state index is 11.6. The first-order valence-corrected chi connectivity index (χ1v) is 7.23. The van der Waals surface area contributed by atoms with Crippen LogP contribution < -0.4 is 10.6 Å². The Morgan fingerprint density at radius 1 is 1.23 bits per heavy atom. The Kier molecular flexibility index (Phi) is 6.63. The van der Waals surface area contributed by atoms with Crippen LogP contribution in [0, 0.1) is 0 Å². The van der Waals surface area contributed by atoms with Crippen LogP contribution in [-0.4, -0.2) is 24.1 Å². The van der Waals surface area contributed by atoms with E-state index >= 15 is 0 Å². The van der Waals surface area contributed by atoms with Crippen molar-refractivity contribution < 1.29 is 14.3 Å². The second-order valence-electron chi connectivity index (χ2n) is 5.94. The van der Waals surface area contributed by atoms with Gasteiger partial charge in [-0.3, -0.25) is 4.79 Å². The third kappa shape index (κ3) is 8.09. The number of benzene rings is 1. The van der Waals surface area contributed by atoms with E-state index in [9.17, 15) is 9.59 Å². The molecule has 0 saturated heterocycles. The van der Waals surface area contributed by atoms with Crippen LogP contribution in [-0.2, 0) is 16.1 Å². The van der Waals surface area contributed by atoms with E-state index in [0.717, 1.165) is 11.1 Å². The molecule has 0 heterocycles. The molecule has 5 heteroatoms. The molecule has 5 nitrogen and oxygen atoms in total. The highest BCUT2D eigenvalue weighted by Gasteiger charge is 2.15. The van der Waals surface area contributed by atoms with Gasteiger partial charge in [-0.15, -0.1) is 0 Å². The van der Waals surface area contributed by atoms with E-state index in [0.29, 0.717) is 13.1 Å². The zero-order chi connectivity index (χ0) is 16.6. The zero-order valence-electron chi connectivity index (χ0n) is 13.6. The molecular weight excluding hydrogens is 280 g/mol. The number of alkyl carbamates (subject to hydrolysis) is 1. The minimum absolute atomic E-state index is 0.0556. The van der Waals surface area contributed by atoms with Gasteiger partial charge < -0.3 is 15.4 Å². The third-order valence-electron chi connectivity index (χ3n) is 2.57. The van der Waals surface area contributed by atoms with Gasteiger partial charge in [-0.2, -0.15) is 0 Å². The number of hydrogen-bond donors (Lipinski definition) is 2. The molecule has 0 atom stereocenters. The number of nitrogens with one attached hydrogen (secondary N) is 2. The molecule has 0 spiro atoms. The molecule has 1 aromatic rings. The normalized spacial score (nSPS) is 11.3. The van der Waals surface area contributed by atoms with Crippen molar-refractivity contribution in [3.8, 4) is 0 Å². The number of amides is 2. The summed E-state index contributed by atoms with van der Waals surface area (Å²) in [5.74, 6) is -0.0556. The lowest BCUT2D eigenvalue weighted by atomic mass is 10.1. The second-order valence-corrected chi connectivity index (χ2v) is 5.94. The number of ether oxygens (including phenoxy) is 1. The number of rotatable bonds is 5. The molecule has 2 amide bonds. The summed E-state index contributed by atoms with van der Waals surface area (Å²) in [6.45, 7) is 7.86. The van der Waals surface area contributed by atoms with Crippen LogP contribution in [0.5, 0.6) is 0 Å². The predicted molar refractivity (Wildman–Crippen MR) is 87.2 cm³/mol. The maximum atomic E-state index is 11.6. The molecule has 0 bridgehead atoms. The molecule has 0 aromatic heterocycles. The fourth-order valence-corrected chi connectivity index (χ4v) is 1.69. The molecule has 0 aliphatic heterocycles. The van der Waals surface area contributed by atoms with Gasteiger partial charge in [0.25, 0.3) is 0 Å². The van der Waals surface area contributed by atoms with E-state index in [4.69, 9.17) is 4.74 Å². The molecule has 0 unspecified atom stereocenters. The summed E-state index contributed by atoms with van der Waals surface area (Å²) >= 11 is 0. The van der Waals surface area contributed by atoms with Crippen LogP contribution >= 0.6 is 0 Å². The molecule has 0 aliphatic carbocycles. The lowest BCUT2D eigenvalue weighted by Gasteiger charge is -2.19. The van der Waals surface area contributed by atoms with Crippen molar-refractivity contribution in [2.75, 3.05) is 6.54 Å². The highest BCUT2D eigenvalue weighted by atomic mass is 16.6. The van der Waals surface area contributed by atoms with Crippen molar-refractivity contribution in [3.05, 3.63) is 41.5 Å². The van der Waals surface area contributed by atoms with E-state index in [-0.39, 0.29) is 5.91 Å². The minimum Gasteiger partial charge on any atom is -0.444 e. The Labute approximate surface area is 131 Å². The number of hydrogen-bond acceptors (Lipinski definition) is 3. The summed E-state index contributed by atoms with van der Waals surface area (Å²) in [5.41, 5.74) is 1.49. The fourth-order valence-electron chi connectivity index (χ4n) is 1.69. The van der Waals surface area contributed by atoms with E-state index in [1.165, 1.54) is 6.92 Å². The van der Waals surface area contributed by atoms with Crippen molar-refractivity contribution in [2.24, 2.45) is 0 Å².